The minimum atomic E-state index is -2.22. The average Bonchev–Trinajstić information content (AvgIpc) is 3.12. The van der Waals surface area contributed by atoms with Gasteiger partial charge in [-0.3, -0.25) is 4.21 Å². The lowest BCUT2D eigenvalue weighted by molar-refractivity contribution is 0.0690. The summed E-state index contributed by atoms with van der Waals surface area (Å²) in [4.78, 5) is 16.6. The van der Waals surface area contributed by atoms with Gasteiger partial charge in [0.2, 0.25) is 0 Å². The Morgan fingerprint density at radius 2 is 2.12 bits per heavy atom. The molecule has 0 bridgehead atoms. The van der Waals surface area contributed by atoms with Gasteiger partial charge in [-0.15, -0.1) is 0 Å². The van der Waals surface area contributed by atoms with Crippen molar-refractivity contribution in [1.29, 1.82) is 0 Å². The summed E-state index contributed by atoms with van der Waals surface area (Å²) in [6.07, 6.45) is 4.43. The van der Waals surface area contributed by atoms with Crippen LogP contribution in [0, 0.1) is 0 Å². The molecule has 4 aliphatic rings. The van der Waals surface area contributed by atoms with Crippen LogP contribution in [-0.2, 0) is 23.7 Å². The third-order valence-corrected chi connectivity index (χ3v) is 10.5. The Kier molecular flexibility index (Phi) is 3.82. The zero-order valence-electron chi connectivity index (χ0n) is 17.8. The predicted octanol–water partition coefficient (Wildman–Crippen LogP) is 1.94. The first-order chi connectivity index (χ1) is 15.6. The van der Waals surface area contributed by atoms with E-state index in [-0.39, 0.29) is 6.04 Å². The quantitative estimate of drug-likeness (QED) is 0.595. The second kappa shape index (κ2) is 6.46. The fourth-order valence-electron chi connectivity index (χ4n) is 5.59. The minimum absolute atomic E-state index is 0.121. The summed E-state index contributed by atoms with van der Waals surface area (Å²) in [5.74, 6) is 2.11. The first-order valence-corrected chi connectivity index (χ1v) is 13.0. The highest BCUT2D eigenvalue weighted by Crippen LogP contribution is 2.55. The number of benzene rings is 1. The number of hydrogen-bond donors (Lipinski definition) is 1. The van der Waals surface area contributed by atoms with Crippen LogP contribution >= 0.6 is 0 Å². The Labute approximate surface area is 185 Å². The fraction of sp³-hybridized carbons (Fsp3) is 0.435. The molecule has 2 aromatic heterocycles. The maximum absolute atomic E-state index is 13.7. The highest BCUT2D eigenvalue weighted by molar-refractivity contribution is 8.12. The number of aromatic amines is 1. The highest BCUT2D eigenvalue weighted by atomic mass is 32.2. The number of anilines is 1. The van der Waals surface area contributed by atoms with Gasteiger partial charge < -0.3 is 24.1 Å². The zero-order valence-corrected chi connectivity index (χ0v) is 18.6. The lowest BCUT2D eigenvalue weighted by Gasteiger charge is -2.41. The first kappa shape index (κ1) is 18.9. The molecule has 6 heterocycles. The monoisotopic (exact) mass is 452 g/mol. The van der Waals surface area contributed by atoms with E-state index in [1.165, 1.54) is 0 Å². The van der Waals surface area contributed by atoms with Crippen molar-refractivity contribution in [2.45, 2.75) is 17.2 Å². The molecule has 0 amide bonds. The number of hydrogen-bond acceptors (Lipinski definition) is 7. The summed E-state index contributed by atoms with van der Waals surface area (Å²) in [5, 5.41) is 1.07. The smallest absolute Gasteiger partial charge is 0.185 e. The molecule has 1 aromatic carbocycles. The normalized spacial score (nSPS) is 31.0. The van der Waals surface area contributed by atoms with E-state index in [9.17, 15) is 4.21 Å². The van der Waals surface area contributed by atoms with Crippen molar-refractivity contribution in [2.24, 2.45) is 0 Å². The van der Waals surface area contributed by atoms with Crippen LogP contribution in [0.1, 0.15) is 12.1 Å². The molecule has 2 saturated heterocycles. The number of H-pyrrole nitrogens is 1. The Balaban J connectivity index is 1.49. The Morgan fingerprint density at radius 1 is 1.19 bits per heavy atom. The van der Waals surface area contributed by atoms with Crippen molar-refractivity contribution >= 4 is 31.1 Å². The van der Waals surface area contributed by atoms with Gasteiger partial charge in [-0.1, -0.05) is 12.1 Å². The number of fused-ring (bicyclic) bond motifs is 5. The lowest BCUT2D eigenvalue weighted by atomic mass is 9.94. The van der Waals surface area contributed by atoms with E-state index >= 15 is 0 Å². The van der Waals surface area contributed by atoms with Crippen LogP contribution in [0.15, 0.2) is 30.5 Å². The van der Waals surface area contributed by atoms with Gasteiger partial charge in [0.05, 0.1) is 25.9 Å². The maximum Gasteiger partial charge on any atom is 0.185 e. The van der Waals surface area contributed by atoms with Crippen LogP contribution in [-0.4, -0.2) is 75.9 Å². The third-order valence-electron chi connectivity index (χ3n) is 7.36. The number of nitrogens with zero attached hydrogens (tertiary/aromatic N) is 3. The van der Waals surface area contributed by atoms with E-state index in [1.54, 1.807) is 0 Å². The van der Waals surface area contributed by atoms with Gasteiger partial charge in [-0.05, 0) is 28.1 Å². The maximum atomic E-state index is 13.7. The number of morpholine rings is 1. The molecule has 4 aliphatic heterocycles. The highest BCUT2D eigenvalue weighted by Gasteiger charge is 2.63. The van der Waals surface area contributed by atoms with Gasteiger partial charge in [0.1, 0.15) is 17.0 Å². The van der Waals surface area contributed by atoms with Gasteiger partial charge in [0.15, 0.2) is 17.4 Å². The molecule has 0 aliphatic carbocycles. The predicted molar refractivity (Wildman–Crippen MR) is 123 cm³/mol. The van der Waals surface area contributed by atoms with Crippen LogP contribution < -0.4 is 9.64 Å². The molecular formula is C23H24N4O4S. The molecule has 3 atom stereocenters. The van der Waals surface area contributed by atoms with E-state index < -0.39 is 14.3 Å². The summed E-state index contributed by atoms with van der Waals surface area (Å²) < 4.78 is 30.8. The molecule has 3 aromatic rings. The number of nitrogens with one attached hydrogen (secondary N) is 1. The third kappa shape index (κ3) is 2.33. The van der Waals surface area contributed by atoms with Crippen molar-refractivity contribution in [3.05, 3.63) is 36.2 Å². The molecule has 2 unspecified atom stereocenters. The lowest BCUT2D eigenvalue weighted by Crippen LogP contribution is -2.52. The van der Waals surface area contributed by atoms with Gasteiger partial charge in [-0.25, -0.2) is 9.97 Å². The van der Waals surface area contributed by atoms with E-state index in [0.29, 0.717) is 51.0 Å². The molecule has 1 N–H and O–H groups in total. The number of ether oxygens (including phenoxy) is 3. The summed E-state index contributed by atoms with van der Waals surface area (Å²) >= 11 is 0. The van der Waals surface area contributed by atoms with Crippen molar-refractivity contribution < 1.29 is 18.4 Å². The minimum Gasteiger partial charge on any atom is -0.486 e. The molecule has 0 radical (unpaired) electrons. The van der Waals surface area contributed by atoms with E-state index in [0.717, 1.165) is 39.4 Å². The molecule has 0 saturated carbocycles. The van der Waals surface area contributed by atoms with Crippen LogP contribution in [0.3, 0.4) is 0 Å². The Bertz CT molecular complexity index is 1390. The first-order valence-electron chi connectivity index (χ1n) is 11.0. The van der Waals surface area contributed by atoms with Crippen LogP contribution in [0.5, 0.6) is 5.75 Å². The standard InChI is InChI=1S/C23H24N4O4S/c1-32(28)18-13-29-9-6-23(18,32)20-19-22(27-8-10-30-11-14(27)12-31-19)26-21(25-20)16-3-2-4-17-15(16)5-7-24-17/h2-5,7,14,24H,6,8-13H2,1H3/t14-,23?,32?/m1/s1. The van der Waals surface area contributed by atoms with Gasteiger partial charge >= 0.3 is 0 Å². The van der Waals surface area contributed by atoms with E-state index in [4.69, 9.17) is 24.2 Å². The molecule has 9 heteroatoms. The van der Waals surface area contributed by atoms with Crippen LogP contribution in [0.4, 0.5) is 5.82 Å². The van der Waals surface area contributed by atoms with Crippen molar-refractivity contribution in [2.75, 3.05) is 50.7 Å². The molecule has 7 rings (SSSR count). The van der Waals surface area contributed by atoms with Crippen molar-refractivity contribution in [1.82, 2.24) is 15.0 Å². The second-order valence-corrected chi connectivity index (χ2v) is 11.8. The largest absolute Gasteiger partial charge is 0.486 e. The SMILES string of the molecule is CS1(=O)=C2COCCC21c1nc(-c2cccc3[nH]ccc23)nc2c1OC[C@H]1COCCN21. The molecule has 32 heavy (non-hydrogen) atoms. The zero-order chi connectivity index (χ0) is 21.5. The number of aromatic nitrogens is 3. The molecule has 8 nitrogen and oxygen atoms in total. The summed E-state index contributed by atoms with van der Waals surface area (Å²) in [6, 6.07) is 8.27. The van der Waals surface area contributed by atoms with Gasteiger partial charge in [0.25, 0.3) is 0 Å². The van der Waals surface area contributed by atoms with E-state index in [1.807, 2.05) is 36.7 Å². The molecule has 166 valence electrons. The summed E-state index contributed by atoms with van der Waals surface area (Å²) in [6.45, 7) is 3.52. The van der Waals surface area contributed by atoms with Gasteiger partial charge in [0, 0.05) is 46.9 Å². The Hall–Kier alpha value is -2.62. The second-order valence-electron chi connectivity index (χ2n) is 8.92. The molecular weight excluding hydrogens is 428 g/mol. The van der Waals surface area contributed by atoms with Crippen molar-refractivity contribution in [3.8, 4) is 17.1 Å². The molecule has 0 spiro atoms. The fourth-order valence-corrected chi connectivity index (χ4v) is 8.52. The van der Waals surface area contributed by atoms with Gasteiger partial charge in [-0.2, -0.15) is 0 Å². The number of rotatable bonds is 2. The summed E-state index contributed by atoms with van der Waals surface area (Å²) in [7, 11) is -2.22. The topological polar surface area (TPSA) is 89.6 Å². The molecule has 2 fully saturated rings. The van der Waals surface area contributed by atoms with Crippen LogP contribution in [0.2, 0.25) is 0 Å². The summed E-state index contributed by atoms with van der Waals surface area (Å²) in [5.41, 5.74) is 2.75. The van der Waals surface area contributed by atoms with Crippen LogP contribution in [0.25, 0.3) is 22.3 Å². The van der Waals surface area contributed by atoms with Crippen molar-refractivity contribution in [3.63, 3.8) is 0 Å². The Morgan fingerprint density at radius 3 is 3.03 bits per heavy atom. The average molecular weight is 453 g/mol. The van der Waals surface area contributed by atoms with E-state index in [2.05, 4.69) is 9.88 Å².